The molecule has 1 aliphatic carbocycles. The van der Waals surface area contributed by atoms with Crippen molar-refractivity contribution in [2.45, 2.75) is 39.5 Å². The first-order valence-corrected chi connectivity index (χ1v) is 6.21. The number of aryl methyl sites for hydroxylation is 2. The molecule has 1 aromatic heterocycles. The third-order valence-corrected chi connectivity index (χ3v) is 3.90. The van der Waals surface area contributed by atoms with Crippen LogP contribution < -0.4 is 0 Å². The van der Waals surface area contributed by atoms with Gasteiger partial charge in [-0.25, -0.2) is 0 Å². The van der Waals surface area contributed by atoms with E-state index < -0.39 is 0 Å². The van der Waals surface area contributed by atoms with Crippen LogP contribution in [0.3, 0.4) is 0 Å². The Bertz CT molecular complexity index is 368. The second kappa shape index (κ2) is 4.21. The van der Waals surface area contributed by atoms with E-state index >= 15 is 0 Å². The number of aliphatic hydroxyl groups is 1. The lowest BCUT2D eigenvalue weighted by Gasteiger charge is -2.27. The minimum absolute atomic E-state index is 0.0544. The average molecular weight is 222 g/mol. The Morgan fingerprint density at radius 3 is 2.69 bits per heavy atom. The molecule has 0 amide bonds. The van der Waals surface area contributed by atoms with Gasteiger partial charge in [0.05, 0.1) is 5.69 Å². The molecule has 1 aliphatic rings. The molecule has 1 heterocycles. The van der Waals surface area contributed by atoms with Gasteiger partial charge in [0.2, 0.25) is 0 Å². The molecule has 0 aliphatic heterocycles. The van der Waals surface area contributed by atoms with Crippen molar-refractivity contribution in [3.63, 3.8) is 0 Å². The molecule has 1 unspecified atom stereocenters. The van der Waals surface area contributed by atoms with Crippen LogP contribution in [0.1, 0.15) is 38.1 Å². The van der Waals surface area contributed by atoms with Crippen LogP contribution in [0.5, 0.6) is 0 Å². The van der Waals surface area contributed by atoms with Crippen molar-refractivity contribution in [1.29, 1.82) is 0 Å². The van der Waals surface area contributed by atoms with Gasteiger partial charge >= 0.3 is 0 Å². The van der Waals surface area contributed by atoms with Crippen LogP contribution in [-0.4, -0.2) is 21.5 Å². The summed E-state index contributed by atoms with van der Waals surface area (Å²) in [4.78, 5) is 0. The molecule has 1 aromatic rings. The van der Waals surface area contributed by atoms with Gasteiger partial charge in [-0.15, -0.1) is 0 Å². The Balaban J connectivity index is 2.15. The van der Waals surface area contributed by atoms with Gasteiger partial charge in [-0.3, -0.25) is 4.68 Å². The van der Waals surface area contributed by atoms with Crippen LogP contribution in [0.4, 0.5) is 0 Å². The Labute approximate surface area is 97.5 Å². The second-order valence-corrected chi connectivity index (χ2v) is 5.37. The first-order valence-electron chi connectivity index (χ1n) is 6.21. The van der Waals surface area contributed by atoms with E-state index in [4.69, 9.17) is 0 Å². The summed E-state index contributed by atoms with van der Waals surface area (Å²) in [5, 5.41) is 14.0. The number of rotatable bonds is 5. The molecule has 3 heteroatoms. The first-order chi connectivity index (χ1) is 7.59. The van der Waals surface area contributed by atoms with Crippen molar-refractivity contribution in [3.8, 4) is 0 Å². The molecule has 1 saturated carbocycles. The number of hydrogen-bond acceptors (Lipinski definition) is 2. The van der Waals surface area contributed by atoms with Crippen LogP contribution in [0.15, 0.2) is 6.07 Å². The monoisotopic (exact) mass is 222 g/mol. The smallest absolute Gasteiger partial charge is 0.0624 e. The molecule has 0 radical (unpaired) electrons. The van der Waals surface area contributed by atoms with Crippen LogP contribution in [0.25, 0.3) is 0 Å². The molecular weight excluding hydrogens is 200 g/mol. The lowest BCUT2D eigenvalue weighted by Crippen LogP contribution is -2.27. The fourth-order valence-electron chi connectivity index (χ4n) is 2.43. The van der Waals surface area contributed by atoms with Gasteiger partial charge in [0, 0.05) is 19.3 Å². The fraction of sp³-hybridized carbons (Fsp3) is 0.769. The minimum atomic E-state index is 0.0544. The van der Waals surface area contributed by atoms with E-state index in [1.54, 1.807) is 0 Å². The third-order valence-electron chi connectivity index (χ3n) is 3.90. The average Bonchev–Trinajstić information content (AvgIpc) is 3.06. The van der Waals surface area contributed by atoms with Gasteiger partial charge in [0.1, 0.15) is 0 Å². The highest BCUT2D eigenvalue weighted by atomic mass is 16.3. The summed E-state index contributed by atoms with van der Waals surface area (Å²) in [6.07, 6.45) is 4.47. The van der Waals surface area contributed by atoms with Crippen LogP contribution in [-0.2, 0) is 19.9 Å². The SMILES string of the molecule is CCc1cc(CC(C)(CO)C2CC2)n(C)n1. The van der Waals surface area contributed by atoms with Crippen molar-refractivity contribution in [1.82, 2.24) is 9.78 Å². The van der Waals surface area contributed by atoms with Gasteiger partial charge in [-0.2, -0.15) is 5.10 Å². The molecule has 0 spiro atoms. The fourth-order valence-corrected chi connectivity index (χ4v) is 2.43. The van der Waals surface area contributed by atoms with Crippen molar-refractivity contribution in [3.05, 3.63) is 17.5 Å². The van der Waals surface area contributed by atoms with E-state index in [2.05, 4.69) is 25.0 Å². The molecule has 1 atom stereocenters. The molecule has 3 nitrogen and oxygen atoms in total. The van der Waals surface area contributed by atoms with Crippen molar-refractivity contribution < 1.29 is 5.11 Å². The topological polar surface area (TPSA) is 38.0 Å². The number of nitrogens with zero attached hydrogens (tertiary/aromatic N) is 2. The summed E-state index contributed by atoms with van der Waals surface area (Å²) in [5.41, 5.74) is 2.45. The molecule has 16 heavy (non-hydrogen) atoms. The predicted octanol–water partition coefficient (Wildman–Crippen LogP) is 1.93. The largest absolute Gasteiger partial charge is 0.396 e. The number of aromatic nitrogens is 2. The van der Waals surface area contributed by atoms with Crippen LogP contribution in [0, 0.1) is 11.3 Å². The lowest BCUT2D eigenvalue weighted by molar-refractivity contribution is 0.117. The van der Waals surface area contributed by atoms with E-state index in [1.807, 2.05) is 11.7 Å². The lowest BCUT2D eigenvalue weighted by atomic mass is 9.81. The molecule has 0 aromatic carbocycles. The highest BCUT2D eigenvalue weighted by molar-refractivity contribution is 5.13. The zero-order valence-electron chi connectivity index (χ0n) is 10.5. The molecule has 0 bridgehead atoms. The molecule has 2 rings (SSSR count). The number of hydrogen-bond donors (Lipinski definition) is 1. The minimum Gasteiger partial charge on any atom is -0.396 e. The maximum absolute atomic E-state index is 9.58. The van der Waals surface area contributed by atoms with Crippen molar-refractivity contribution >= 4 is 0 Å². The summed E-state index contributed by atoms with van der Waals surface area (Å²) in [6, 6.07) is 2.18. The summed E-state index contributed by atoms with van der Waals surface area (Å²) in [6.45, 7) is 4.60. The molecule has 1 fully saturated rings. The van der Waals surface area contributed by atoms with Crippen LogP contribution in [0.2, 0.25) is 0 Å². The van der Waals surface area contributed by atoms with E-state index in [0.29, 0.717) is 5.92 Å². The van der Waals surface area contributed by atoms with Crippen molar-refractivity contribution in [2.75, 3.05) is 6.61 Å². The summed E-state index contributed by atoms with van der Waals surface area (Å²) in [5.74, 6) is 0.706. The van der Waals surface area contributed by atoms with E-state index in [9.17, 15) is 5.11 Å². The van der Waals surface area contributed by atoms with Crippen molar-refractivity contribution in [2.24, 2.45) is 18.4 Å². The van der Waals surface area contributed by atoms with Gasteiger partial charge in [0.25, 0.3) is 0 Å². The molecule has 1 N–H and O–H groups in total. The van der Waals surface area contributed by atoms with E-state index in [-0.39, 0.29) is 12.0 Å². The maximum atomic E-state index is 9.58. The quantitative estimate of drug-likeness (QED) is 0.826. The molecular formula is C13H22N2O. The predicted molar refractivity (Wildman–Crippen MR) is 64.2 cm³/mol. The zero-order chi connectivity index (χ0) is 11.8. The Morgan fingerprint density at radius 2 is 2.25 bits per heavy atom. The Hall–Kier alpha value is -0.830. The molecule has 90 valence electrons. The Kier molecular flexibility index (Phi) is 3.06. The molecule has 0 saturated heterocycles. The maximum Gasteiger partial charge on any atom is 0.0624 e. The van der Waals surface area contributed by atoms with Gasteiger partial charge in [-0.1, -0.05) is 13.8 Å². The van der Waals surface area contributed by atoms with Gasteiger partial charge in [0.15, 0.2) is 0 Å². The summed E-state index contributed by atoms with van der Waals surface area (Å²) in [7, 11) is 2.00. The zero-order valence-corrected chi connectivity index (χ0v) is 10.5. The van der Waals surface area contributed by atoms with Crippen LogP contribution >= 0.6 is 0 Å². The normalized spacial score (nSPS) is 19.8. The summed E-state index contributed by atoms with van der Waals surface area (Å²) >= 11 is 0. The van der Waals surface area contributed by atoms with Gasteiger partial charge < -0.3 is 5.11 Å². The highest BCUT2D eigenvalue weighted by Gasteiger charge is 2.41. The first kappa shape index (κ1) is 11.6. The standard InChI is InChI=1S/C13H22N2O/c1-4-11-7-12(15(3)14-11)8-13(2,9-16)10-5-6-10/h7,10,16H,4-6,8-9H2,1-3H3. The van der Waals surface area contributed by atoms with E-state index in [0.717, 1.165) is 18.5 Å². The summed E-state index contributed by atoms with van der Waals surface area (Å²) < 4.78 is 1.97. The van der Waals surface area contributed by atoms with E-state index in [1.165, 1.54) is 18.5 Å². The Morgan fingerprint density at radius 1 is 1.56 bits per heavy atom. The highest BCUT2D eigenvalue weighted by Crippen LogP contribution is 2.47. The third kappa shape index (κ3) is 2.14. The number of aliphatic hydroxyl groups excluding tert-OH is 1. The second-order valence-electron chi connectivity index (χ2n) is 5.37. The van der Waals surface area contributed by atoms with Gasteiger partial charge in [-0.05, 0) is 43.1 Å².